The van der Waals surface area contributed by atoms with Gasteiger partial charge in [0.25, 0.3) is 0 Å². The van der Waals surface area contributed by atoms with Crippen LogP contribution in [0.1, 0.15) is 39.5 Å². The van der Waals surface area contributed by atoms with Gasteiger partial charge in [-0.1, -0.05) is 13.3 Å². The van der Waals surface area contributed by atoms with Gasteiger partial charge in [0.1, 0.15) is 0 Å². The van der Waals surface area contributed by atoms with Gasteiger partial charge in [0.2, 0.25) is 0 Å². The fourth-order valence-electron chi connectivity index (χ4n) is 2.15. The van der Waals surface area contributed by atoms with E-state index in [0.717, 1.165) is 6.04 Å². The minimum absolute atomic E-state index is 0. The summed E-state index contributed by atoms with van der Waals surface area (Å²) in [5.41, 5.74) is 0. The number of halogens is 1. The molecule has 2 atom stereocenters. The zero-order chi connectivity index (χ0) is 7.40. The molecule has 0 saturated carbocycles. The molecule has 1 rings (SSSR count). The van der Waals surface area contributed by atoms with E-state index in [2.05, 4.69) is 13.8 Å². The van der Waals surface area contributed by atoms with E-state index in [1.807, 2.05) is 4.90 Å². The maximum Gasteiger partial charge on any atom is 0.0876 e. The van der Waals surface area contributed by atoms with Crippen molar-refractivity contribution >= 4 is 0 Å². The van der Waals surface area contributed by atoms with E-state index in [0.29, 0.717) is 0 Å². The van der Waals surface area contributed by atoms with Crippen molar-refractivity contribution in [3.8, 4) is 0 Å². The molecule has 11 heavy (non-hydrogen) atoms. The first-order valence-corrected chi connectivity index (χ1v) is 4.73. The third-order valence-corrected chi connectivity index (χ3v) is 2.72. The summed E-state index contributed by atoms with van der Waals surface area (Å²) in [6.07, 6.45) is 5.77. The Morgan fingerprint density at radius 1 is 1.36 bits per heavy atom. The van der Waals surface area contributed by atoms with Gasteiger partial charge < -0.3 is 9.60 Å². The molecule has 1 fully saturated rings. The second-order valence-electron chi connectivity index (χ2n) is 3.39. The predicted molar refractivity (Wildman–Crippen MR) is 44.3 cm³/mol. The molecule has 1 N–H and O–H groups in total. The van der Waals surface area contributed by atoms with Crippen LogP contribution in [0, 0.1) is 0 Å². The minimum Gasteiger partial charge on any atom is -1.00 e. The Balaban J connectivity index is 0.000001000. The monoisotopic (exact) mass is 161 g/mol. The van der Waals surface area contributed by atoms with Gasteiger partial charge in [-0.05, 0) is 13.3 Å². The summed E-state index contributed by atoms with van der Waals surface area (Å²) in [6.45, 7) is 7.38. The van der Waals surface area contributed by atoms with Crippen LogP contribution in [0.2, 0.25) is 0 Å². The second kappa shape index (κ2) is 5.53. The molecule has 1 nitrogen and oxygen atoms in total. The Hall–Kier alpha value is -0.110. The van der Waals surface area contributed by atoms with E-state index >= 15 is 0 Å². The maximum atomic E-state index is 2.31. The summed E-state index contributed by atoms with van der Waals surface area (Å²) in [7, 11) is 0. The summed E-state index contributed by atoms with van der Waals surface area (Å²) in [5.74, 6) is 0. The summed E-state index contributed by atoms with van der Waals surface area (Å²) in [4.78, 5) is 1.85. The van der Waals surface area contributed by atoms with Gasteiger partial charge in [-0.15, -0.1) is 0 Å². The summed E-state index contributed by atoms with van der Waals surface area (Å²) < 4.78 is 0. The zero-order valence-electron chi connectivity index (χ0n) is 7.70. The van der Waals surface area contributed by atoms with Crippen LogP contribution in [-0.2, 0) is 0 Å². The molecule has 0 aliphatic carbocycles. The Morgan fingerprint density at radius 3 is 2.64 bits per heavy atom. The van der Waals surface area contributed by atoms with Crippen LogP contribution >= 0.6 is 0 Å². The van der Waals surface area contributed by atoms with Crippen LogP contribution in [0.5, 0.6) is 0 Å². The molecular formula is C9H20FN. The first-order chi connectivity index (χ1) is 4.88. The van der Waals surface area contributed by atoms with Crippen molar-refractivity contribution in [3.05, 3.63) is 0 Å². The van der Waals surface area contributed by atoms with Crippen LogP contribution in [0.25, 0.3) is 0 Å². The van der Waals surface area contributed by atoms with Crippen LogP contribution < -0.4 is 9.60 Å². The molecule has 1 heterocycles. The average molecular weight is 161 g/mol. The molecule has 2 unspecified atom stereocenters. The number of rotatable bonds is 3. The van der Waals surface area contributed by atoms with Gasteiger partial charge in [-0.3, -0.25) is 0 Å². The van der Waals surface area contributed by atoms with Gasteiger partial charge in [0, 0.05) is 12.8 Å². The predicted octanol–water partition coefficient (Wildman–Crippen LogP) is -2.14. The second-order valence-corrected chi connectivity index (χ2v) is 3.39. The van der Waals surface area contributed by atoms with Crippen molar-refractivity contribution in [3.63, 3.8) is 0 Å². The van der Waals surface area contributed by atoms with E-state index in [1.54, 1.807) is 0 Å². The fourth-order valence-corrected chi connectivity index (χ4v) is 2.15. The summed E-state index contributed by atoms with van der Waals surface area (Å²) in [5, 5.41) is 0. The van der Waals surface area contributed by atoms with Crippen molar-refractivity contribution in [1.82, 2.24) is 0 Å². The first-order valence-electron chi connectivity index (χ1n) is 4.73. The smallest absolute Gasteiger partial charge is 0.0876 e. The lowest BCUT2D eigenvalue weighted by molar-refractivity contribution is -0.910. The number of likely N-dealkylation sites (tertiary alicyclic amines) is 1. The lowest BCUT2D eigenvalue weighted by atomic mass is 10.1. The molecule has 0 aromatic carbocycles. The molecular weight excluding hydrogens is 141 g/mol. The molecule has 0 aromatic heterocycles. The highest BCUT2D eigenvalue weighted by Gasteiger charge is 2.25. The lowest BCUT2D eigenvalue weighted by Crippen LogP contribution is -3.13. The molecule has 1 aliphatic heterocycles. The van der Waals surface area contributed by atoms with Gasteiger partial charge >= 0.3 is 0 Å². The Kier molecular flexibility index (Phi) is 5.47. The molecule has 0 bridgehead atoms. The highest BCUT2D eigenvalue weighted by atomic mass is 19.0. The average Bonchev–Trinajstić information content (AvgIpc) is 2.36. The van der Waals surface area contributed by atoms with E-state index < -0.39 is 0 Å². The molecule has 0 spiro atoms. The Bertz CT molecular complexity index is 95.6. The normalized spacial score (nSPS) is 30.0. The molecule has 2 heteroatoms. The zero-order valence-corrected chi connectivity index (χ0v) is 7.70. The van der Waals surface area contributed by atoms with Crippen LogP contribution in [0.4, 0.5) is 0 Å². The third kappa shape index (κ3) is 2.78. The van der Waals surface area contributed by atoms with E-state index in [1.165, 1.54) is 38.8 Å². The molecule has 0 amide bonds. The van der Waals surface area contributed by atoms with Crippen molar-refractivity contribution in [2.45, 2.75) is 45.6 Å². The fraction of sp³-hybridized carbons (Fsp3) is 1.00. The van der Waals surface area contributed by atoms with Crippen LogP contribution in [0.15, 0.2) is 0 Å². The van der Waals surface area contributed by atoms with Gasteiger partial charge in [0.15, 0.2) is 0 Å². The standard InChI is InChI=1S/C9H19N.FH/c1-3-6-9-7-5-8-10(9)4-2;/h9H,3-8H2,1-2H3;1H. The summed E-state index contributed by atoms with van der Waals surface area (Å²) >= 11 is 0. The van der Waals surface area contributed by atoms with E-state index in [4.69, 9.17) is 0 Å². The highest BCUT2D eigenvalue weighted by molar-refractivity contribution is 4.60. The molecule has 1 saturated heterocycles. The number of quaternary nitrogens is 1. The lowest BCUT2D eigenvalue weighted by Gasteiger charge is -2.18. The van der Waals surface area contributed by atoms with Gasteiger partial charge in [-0.25, -0.2) is 0 Å². The van der Waals surface area contributed by atoms with E-state index in [-0.39, 0.29) is 4.70 Å². The van der Waals surface area contributed by atoms with E-state index in [9.17, 15) is 0 Å². The van der Waals surface area contributed by atoms with Crippen LogP contribution in [0.3, 0.4) is 0 Å². The van der Waals surface area contributed by atoms with Crippen molar-refractivity contribution in [2.75, 3.05) is 13.1 Å². The van der Waals surface area contributed by atoms with Crippen molar-refractivity contribution in [1.29, 1.82) is 0 Å². The minimum atomic E-state index is 0. The molecule has 0 radical (unpaired) electrons. The maximum absolute atomic E-state index is 2.31. The number of hydrogen-bond donors (Lipinski definition) is 1. The molecule has 1 aliphatic rings. The molecule has 68 valence electrons. The van der Waals surface area contributed by atoms with Crippen molar-refractivity contribution in [2.24, 2.45) is 0 Å². The highest BCUT2D eigenvalue weighted by Crippen LogP contribution is 2.05. The Morgan fingerprint density at radius 2 is 2.09 bits per heavy atom. The third-order valence-electron chi connectivity index (χ3n) is 2.72. The van der Waals surface area contributed by atoms with Crippen LogP contribution in [-0.4, -0.2) is 19.1 Å². The SMILES string of the molecule is CCCC1CCC[NH+]1CC.[F-]. The first kappa shape index (κ1) is 10.9. The van der Waals surface area contributed by atoms with Gasteiger partial charge in [-0.2, -0.15) is 0 Å². The number of nitrogens with one attached hydrogen (secondary N) is 1. The molecule has 0 aromatic rings. The summed E-state index contributed by atoms with van der Waals surface area (Å²) in [6, 6.07) is 1.01. The quantitative estimate of drug-likeness (QED) is 0.482. The van der Waals surface area contributed by atoms with Gasteiger partial charge in [0.05, 0.1) is 19.1 Å². The van der Waals surface area contributed by atoms with Crippen molar-refractivity contribution < 1.29 is 9.60 Å². The topological polar surface area (TPSA) is 4.44 Å². The number of hydrogen-bond acceptors (Lipinski definition) is 0. The largest absolute Gasteiger partial charge is 1.00 e. The Labute approximate surface area is 69.1 Å².